The van der Waals surface area contributed by atoms with Crippen molar-refractivity contribution in [1.29, 1.82) is 0 Å². The highest BCUT2D eigenvalue weighted by Crippen LogP contribution is 2.21. The van der Waals surface area contributed by atoms with E-state index in [0.717, 1.165) is 25.3 Å². The van der Waals surface area contributed by atoms with E-state index in [9.17, 15) is 9.90 Å². The number of hydrogen-bond donors (Lipinski definition) is 1. The first-order valence-electron chi connectivity index (χ1n) is 7.13. The van der Waals surface area contributed by atoms with Gasteiger partial charge in [-0.3, -0.25) is 9.69 Å². The van der Waals surface area contributed by atoms with Gasteiger partial charge in [-0.05, 0) is 43.5 Å². The van der Waals surface area contributed by atoms with Gasteiger partial charge in [0, 0.05) is 18.7 Å². The Bertz CT molecular complexity index is 457. The van der Waals surface area contributed by atoms with E-state index in [-0.39, 0.29) is 23.8 Å². The number of piperidine rings is 1. The Kier molecular flexibility index (Phi) is 4.78. The van der Waals surface area contributed by atoms with Gasteiger partial charge in [-0.2, -0.15) is 0 Å². The number of likely N-dealkylation sites (tertiary alicyclic amines) is 1. The molecule has 1 aliphatic rings. The van der Waals surface area contributed by atoms with Crippen LogP contribution in [0.4, 0.5) is 0 Å². The Balaban J connectivity index is 2.04. The maximum Gasteiger partial charge on any atom is 0.179 e. The maximum atomic E-state index is 12.5. The minimum absolute atomic E-state index is 0.122. The molecule has 0 radical (unpaired) electrons. The minimum Gasteiger partial charge on any atom is -0.497 e. The molecule has 1 saturated heterocycles. The lowest BCUT2D eigenvalue weighted by Gasteiger charge is -2.37. The number of aliphatic hydroxyl groups excluding tert-OH is 1. The predicted molar refractivity (Wildman–Crippen MR) is 78.1 cm³/mol. The van der Waals surface area contributed by atoms with E-state index >= 15 is 0 Å². The van der Waals surface area contributed by atoms with E-state index in [0.29, 0.717) is 5.56 Å². The second kappa shape index (κ2) is 6.37. The molecule has 0 amide bonds. The summed E-state index contributed by atoms with van der Waals surface area (Å²) in [6, 6.07) is 7.07. The monoisotopic (exact) mass is 277 g/mol. The van der Waals surface area contributed by atoms with Gasteiger partial charge in [0.05, 0.1) is 19.3 Å². The molecule has 20 heavy (non-hydrogen) atoms. The third-order valence-corrected chi connectivity index (χ3v) is 4.19. The molecule has 1 fully saturated rings. The Labute approximate surface area is 120 Å². The maximum absolute atomic E-state index is 12.5. The van der Waals surface area contributed by atoms with Gasteiger partial charge < -0.3 is 9.84 Å². The van der Waals surface area contributed by atoms with Crippen molar-refractivity contribution in [2.75, 3.05) is 20.2 Å². The SMILES string of the molecule is COc1ccc(C(=O)C(C)N2CCC(O)C(C)C2)cc1. The summed E-state index contributed by atoms with van der Waals surface area (Å²) in [4.78, 5) is 14.6. The van der Waals surface area contributed by atoms with Crippen LogP contribution < -0.4 is 4.74 Å². The van der Waals surface area contributed by atoms with Crippen LogP contribution in [0.2, 0.25) is 0 Å². The highest BCUT2D eigenvalue weighted by atomic mass is 16.5. The molecule has 1 aromatic rings. The van der Waals surface area contributed by atoms with Crippen LogP contribution in [0.15, 0.2) is 24.3 Å². The smallest absolute Gasteiger partial charge is 0.179 e. The molecule has 110 valence electrons. The molecule has 1 heterocycles. The van der Waals surface area contributed by atoms with Crippen molar-refractivity contribution in [2.24, 2.45) is 5.92 Å². The molecular weight excluding hydrogens is 254 g/mol. The van der Waals surface area contributed by atoms with Gasteiger partial charge in [-0.25, -0.2) is 0 Å². The molecule has 4 heteroatoms. The summed E-state index contributed by atoms with van der Waals surface area (Å²) in [7, 11) is 1.61. The topological polar surface area (TPSA) is 49.8 Å². The van der Waals surface area contributed by atoms with Crippen LogP contribution in [0.5, 0.6) is 5.75 Å². The largest absolute Gasteiger partial charge is 0.497 e. The van der Waals surface area contributed by atoms with Crippen LogP contribution in [-0.4, -0.2) is 48.1 Å². The van der Waals surface area contributed by atoms with Crippen molar-refractivity contribution in [3.05, 3.63) is 29.8 Å². The number of nitrogens with zero attached hydrogens (tertiary/aromatic N) is 1. The van der Waals surface area contributed by atoms with Crippen molar-refractivity contribution < 1.29 is 14.6 Å². The number of rotatable bonds is 4. The normalized spacial score (nSPS) is 25.2. The first kappa shape index (κ1) is 15.0. The standard InChI is InChI=1S/C16H23NO3/c1-11-10-17(9-8-15(11)18)12(2)16(19)13-4-6-14(20-3)7-5-13/h4-7,11-12,15,18H,8-10H2,1-3H3. The third-order valence-electron chi connectivity index (χ3n) is 4.19. The van der Waals surface area contributed by atoms with Gasteiger partial charge >= 0.3 is 0 Å². The Hall–Kier alpha value is -1.39. The number of Topliss-reactive ketones (excluding diaryl/α,β-unsaturated/α-hetero) is 1. The number of carbonyl (C=O) groups excluding carboxylic acids is 1. The summed E-state index contributed by atoms with van der Waals surface area (Å²) in [5.41, 5.74) is 0.706. The van der Waals surface area contributed by atoms with Crippen molar-refractivity contribution in [2.45, 2.75) is 32.4 Å². The van der Waals surface area contributed by atoms with Gasteiger partial charge in [0.2, 0.25) is 0 Å². The zero-order valence-corrected chi connectivity index (χ0v) is 12.4. The molecule has 4 nitrogen and oxygen atoms in total. The Morgan fingerprint density at radius 2 is 2.05 bits per heavy atom. The van der Waals surface area contributed by atoms with E-state index in [1.807, 2.05) is 26.0 Å². The van der Waals surface area contributed by atoms with E-state index in [2.05, 4.69) is 4.90 Å². The van der Waals surface area contributed by atoms with Gasteiger partial charge in [0.1, 0.15) is 5.75 Å². The van der Waals surface area contributed by atoms with Crippen molar-refractivity contribution in [3.63, 3.8) is 0 Å². The molecular formula is C16H23NO3. The fourth-order valence-corrected chi connectivity index (χ4v) is 2.68. The van der Waals surface area contributed by atoms with E-state index in [1.54, 1.807) is 19.2 Å². The lowest BCUT2D eigenvalue weighted by Crippen LogP contribution is -2.48. The van der Waals surface area contributed by atoms with Gasteiger partial charge in [-0.1, -0.05) is 6.92 Å². The van der Waals surface area contributed by atoms with Crippen molar-refractivity contribution >= 4 is 5.78 Å². The number of methoxy groups -OCH3 is 1. The summed E-state index contributed by atoms with van der Waals surface area (Å²) in [6.45, 7) is 5.51. The second-order valence-corrected chi connectivity index (χ2v) is 5.60. The highest BCUT2D eigenvalue weighted by Gasteiger charge is 2.30. The lowest BCUT2D eigenvalue weighted by atomic mass is 9.94. The fourth-order valence-electron chi connectivity index (χ4n) is 2.68. The lowest BCUT2D eigenvalue weighted by molar-refractivity contribution is 0.0205. The summed E-state index contributed by atoms with van der Waals surface area (Å²) >= 11 is 0. The summed E-state index contributed by atoms with van der Waals surface area (Å²) in [6.07, 6.45) is 0.496. The Morgan fingerprint density at radius 3 is 2.60 bits per heavy atom. The number of ketones is 1. The summed E-state index contributed by atoms with van der Waals surface area (Å²) < 4.78 is 5.10. The first-order valence-corrected chi connectivity index (χ1v) is 7.13. The molecule has 0 aromatic heterocycles. The molecule has 0 aliphatic carbocycles. The minimum atomic E-state index is -0.241. The van der Waals surface area contributed by atoms with Gasteiger partial charge in [0.25, 0.3) is 0 Å². The fraction of sp³-hybridized carbons (Fsp3) is 0.562. The first-order chi connectivity index (χ1) is 9.52. The zero-order valence-electron chi connectivity index (χ0n) is 12.4. The molecule has 3 unspecified atom stereocenters. The van der Waals surface area contributed by atoms with E-state index < -0.39 is 0 Å². The quantitative estimate of drug-likeness (QED) is 0.855. The van der Waals surface area contributed by atoms with Crippen molar-refractivity contribution in [3.8, 4) is 5.75 Å². The molecule has 0 spiro atoms. The highest BCUT2D eigenvalue weighted by molar-refractivity contribution is 5.99. The van der Waals surface area contributed by atoms with Crippen LogP contribution in [0.25, 0.3) is 0 Å². The molecule has 1 aromatic carbocycles. The summed E-state index contributed by atoms with van der Waals surface area (Å²) in [5.74, 6) is 1.09. The van der Waals surface area contributed by atoms with Crippen LogP contribution in [-0.2, 0) is 0 Å². The number of aliphatic hydroxyl groups is 1. The third kappa shape index (κ3) is 3.19. The average molecular weight is 277 g/mol. The van der Waals surface area contributed by atoms with Crippen LogP contribution in [0.3, 0.4) is 0 Å². The molecule has 1 aliphatic heterocycles. The molecule has 0 bridgehead atoms. The van der Waals surface area contributed by atoms with Crippen molar-refractivity contribution in [1.82, 2.24) is 4.90 Å². The molecule has 3 atom stereocenters. The van der Waals surface area contributed by atoms with Crippen LogP contribution in [0.1, 0.15) is 30.6 Å². The number of ether oxygens (including phenoxy) is 1. The number of hydrogen-bond acceptors (Lipinski definition) is 4. The van der Waals surface area contributed by atoms with Crippen LogP contribution >= 0.6 is 0 Å². The number of carbonyl (C=O) groups is 1. The Morgan fingerprint density at radius 1 is 1.40 bits per heavy atom. The second-order valence-electron chi connectivity index (χ2n) is 5.60. The van der Waals surface area contributed by atoms with Crippen LogP contribution in [0, 0.1) is 5.92 Å². The van der Waals surface area contributed by atoms with Gasteiger partial charge in [-0.15, -0.1) is 0 Å². The molecule has 2 rings (SSSR count). The summed E-state index contributed by atoms with van der Waals surface area (Å²) in [5, 5.41) is 9.77. The van der Waals surface area contributed by atoms with Gasteiger partial charge in [0.15, 0.2) is 5.78 Å². The average Bonchev–Trinajstić information content (AvgIpc) is 2.48. The van der Waals surface area contributed by atoms with E-state index in [4.69, 9.17) is 4.74 Å². The predicted octanol–water partition coefficient (Wildman–Crippen LogP) is 1.97. The van der Waals surface area contributed by atoms with E-state index in [1.165, 1.54) is 0 Å². The zero-order chi connectivity index (χ0) is 14.7. The molecule has 0 saturated carbocycles. The molecule has 1 N–H and O–H groups in total. The number of benzene rings is 1.